The van der Waals surface area contributed by atoms with Crippen molar-refractivity contribution >= 4 is 21.7 Å². The molecule has 0 saturated carbocycles. The average Bonchev–Trinajstić information content (AvgIpc) is 2.91. The topological polar surface area (TPSA) is 121 Å². The molecular weight excluding hydrogens is 383 g/mol. The fraction of sp³-hybridized carbons (Fsp3) is 0.765. The fourth-order valence-electron chi connectivity index (χ4n) is 3.10. The Labute approximate surface area is 184 Å². The van der Waals surface area contributed by atoms with Crippen LogP contribution >= 0.6 is 0 Å². The number of Topliss-reactive ketones (excluding diaryl/α,β-unsaturated/α-hetero) is 1. The van der Waals surface area contributed by atoms with E-state index in [9.17, 15) is 28.0 Å². The monoisotopic (exact) mass is 413 g/mol. The Bertz CT molecular complexity index is 609. The Hall–Kier alpha value is -0.290. The number of aliphatic hydroxyl groups excluding tert-OH is 2. The quantitative estimate of drug-likeness (QED) is 0.101. The maximum Gasteiger partial charge on any atom is 1.00 e. The van der Waals surface area contributed by atoms with E-state index in [1.54, 1.807) is 9.48 Å². The molecule has 150 valence electrons. The standard InChI is InChI=1S/C17H30N2O6S.Na/c1-2-3-4-5-6-7-8-16(22)17-18(11-12-20)9-10-19(17)13-15(21)14-26(23,24)25;/h2,15,20-21H,1,3-14H2;/q;+1. The van der Waals surface area contributed by atoms with Crippen LogP contribution in [0.15, 0.2) is 12.7 Å². The summed E-state index contributed by atoms with van der Waals surface area (Å²) < 4.78 is 34.0. The zero-order valence-corrected chi connectivity index (χ0v) is 19.0. The van der Waals surface area contributed by atoms with Crippen LogP contribution in [0.5, 0.6) is 0 Å². The number of aliphatic hydroxyl groups is 2. The van der Waals surface area contributed by atoms with Crippen molar-refractivity contribution in [3.05, 3.63) is 12.7 Å². The zero-order valence-electron chi connectivity index (χ0n) is 16.2. The van der Waals surface area contributed by atoms with Crippen molar-refractivity contribution in [3.63, 3.8) is 0 Å². The Morgan fingerprint density at radius 1 is 1.33 bits per heavy atom. The zero-order chi connectivity index (χ0) is 19.6. The molecule has 27 heavy (non-hydrogen) atoms. The first kappa shape index (κ1) is 26.7. The van der Waals surface area contributed by atoms with Crippen molar-refractivity contribution in [1.82, 2.24) is 4.90 Å². The molecule has 10 heteroatoms. The maximum absolute atomic E-state index is 12.6. The molecule has 2 N–H and O–H groups in total. The maximum atomic E-state index is 12.6. The second-order valence-corrected chi connectivity index (χ2v) is 7.97. The second kappa shape index (κ2) is 13.8. The van der Waals surface area contributed by atoms with Gasteiger partial charge < -0.3 is 14.8 Å². The van der Waals surface area contributed by atoms with Crippen LogP contribution in [0.1, 0.15) is 38.5 Å². The van der Waals surface area contributed by atoms with E-state index in [1.807, 2.05) is 6.08 Å². The van der Waals surface area contributed by atoms with Gasteiger partial charge in [0.25, 0.3) is 0 Å². The molecular formula is C17H30N2NaO6S+. The van der Waals surface area contributed by atoms with E-state index in [2.05, 4.69) is 6.58 Å². The van der Waals surface area contributed by atoms with Crippen LogP contribution in [0.25, 0.3) is 0 Å². The number of rotatable bonds is 14. The minimum Gasteiger partial charge on any atom is -0.748 e. The van der Waals surface area contributed by atoms with E-state index in [0.29, 0.717) is 31.9 Å². The molecule has 0 fully saturated rings. The van der Waals surface area contributed by atoms with Crippen LogP contribution < -0.4 is 29.6 Å². The summed E-state index contributed by atoms with van der Waals surface area (Å²) in [6, 6.07) is 0. The molecule has 0 aromatic carbocycles. The summed E-state index contributed by atoms with van der Waals surface area (Å²) in [7, 11) is -4.53. The molecule has 8 nitrogen and oxygen atoms in total. The Kier molecular flexibility index (Phi) is 13.7. The van der Waals surface area contributed by atoms with Crippen LogP contribution in [0.4, 0.5) is 0 Å². The van der Waals surface area contributed by atoms with Gasteiger partial charge in [0, 0.05) is 6.42 Å². The van der Waals surface area contributed by atoms with Gasteiger partial charge in [0.05, 0.1) is 22.5 Å². The van der Waals surface area contributed by atoms with Crippen molar-refractivity contribution in [1.29, 1.82) is 0 Å². The van der Waals surface area contributed by atoms with Gasteiger partial charge in [0.2, 0.25) is 5.78 Å². The van der Waals surface area contributed by atoms with Gasteiger partial charge >= 0.3 is 35.4 Å². The number of nitrogens with zero attached hydrogens (tertiary/aromatic N) is 2. The molecule has 1 aliphatic heterocycles. The number of amidine groups is 1. The number of allylic oxidation sites excluding steroid dienone is 1. The van der Waals surface area contributed by atoms with E-state index in [4.69, 9.17) is 0 Å². The first-order valence-electron chi connectivity index (χ1n) is 9.02. The van der Waals surface area contributed by atoms with Gasteiger partial charge in [-0.2, -0.15) is 0 Å². The van der Waals surface area contributed by atoms with Gasteiger partial charge in [-0.1, -0.05) is 18.9 Å². The number of carbonyl (C=O) groups is 1. The van der Waals surface area contributed by atoms with Gasteiger partial charge in [-0.25, -0.2) is 8.42 Å². The van der Waals surface area contributed by atoms with Crippen LogP contribution in [-0.4, -0.2) is 88.9 Å². The molecule has 1 atom stereocenters. The Balaban J connectivity index is 0.00000676. The third-order valence-corrected chi connectivity index (χ3v) is 5.04. The van der Waals surface area contributed by atoms with Crippen LogP contribution in [0, 0.1) is 0 Å². The minimum absolute atomic E-state index is 0. The van der Waals surface area contributed by atoms with Gasteiger partial charge in [0.1, 0.15) is 32.3 Å². The third kappa shape index (κ3) is 10.7. The summed E-state index contributed by atoms with van der Waals surface area (Å²) in [5, 5.41) is 19.0. The van der Waals surface area contributed by atoms with Crippen LogP contribution in [0.3, 0.4) is 0 Å². The molecule has 0 bridgehead atoms. The van der Waals surface area contributed by atoms with E-state index < -0.39 is 22.0 Å². The second-order valence-electron chi connectivity index (χ2n) is 6.52. The van der Waals surface area contributed by atoms with Gasteiger partial charge in [0.15, 0.2) is 0 Å². The molecule has 0 aliphatic carbocycles. The summed E-state index contributed by atoms with van der Waals surface area (Å²) >= 11 is 0. The number of hydrogen-bond acceptors (Lipinski definition) is 7. The Morgan fingerprint density at radius 3 is 2.59 bits per heavy atom. The predicted molar refractivity (Wildman–Crippen MR) is 97.1 cm³/mol. The normalized spacial score (nSPS) is 15.6. The van der Waals surface area contributed by atoms with E-state index in [0.717, 1.165) is 32.1 Å². The third-order valence-electron chi connectivity index (χ3n) is 4.25. The van der Waals surface area contributed by atoms with Crippen molar-refractivity contribution in [2.45, 2.75) is 44.6 Å². The van der Waals surface area contributed by atoms with Crippen LogP contribution in [-0.2, 0) is 14.9 Å². The Morgan fingerprint density at radius 2 is 2.00 bits per heavy atom. The summed E-state index contributed by atoms with van der Waals surface area (Å²) in [5.74, 6) is -0.571. The molecule has 0 amide bonds. The fourth-order valence-corrected chi connectivity index (χ4v) is 3.68. The summed E-state index contributed by atoms with van der Waals surface area (Å²) in [4.78, 5) is 14.4. The molecule has 0 spiro atoms. The number of hydrogen-bond donors (Lipinski definition) is 2. The first-order valence-corrected chi connectivity index (χ1v) is 10.6. The molecule has 1 unspecified atom stereocenters. The van der Waals surface area contributed by atoms with Crippen molar-refractivity contribution in [2.24, 2.45) is 0 Å². The molecule has 1 aliphatic rings. The van der Waals surface area contributed by atoms with Gasteiger partial charge in [-0.3, -0.25) is 14.3 Å². The molecule has 1 heterocycles. The number of carbonyl (C=O) groups excluding carboxylic acids is 1. The number of ketones is 1. The molecule has 0 saturated heterocycles. The van der Waals surface area contributed by atoms with Gasteiger partial charge in [-0.15, -0.1) is 6.58 Å². The van der Waals surface area contributed by atoms with Crippen LogP contribution in [0.2, 0.25) is 0 Å². The smallest absolute Gasteiger partial charge is 0.748 e. The van der Waals surface area contributed by atoms with E-state index >= 15 is 0 Å². The number of unbranched alkanes of at least 4 members (excludes halogenated alkanes) is 4. The largest absolute Gasteiger partial charge is 1.00 e. The SMILES string of the molecule is C=CCCCCCCC(=O)C1=[N+](CC(O)CS(=O)(=O)[O-])CCN1CCO.[Na+]. The first-order chi connectivity index (χ1) is 12.3. The van der Waals surface area contributed by atoms with E-state index in [-0.39, 0.29) is 48.5 Å². The van der Waals surface area contributed by atoms with Crippen molar-refractivity contribution in [2.75, 3.05) is 38.5 Å². The molecule has 1 rings (SSSR count). The average molecular weight is 413 g/mol. The van der Waals surface area contributed by atoms with Gasteiger partial charge in [-0.05, 0) is 19.3 Å². The molecule has 0 aromatic heterocycles. The predicted octanol–water partition coefficient (Wildman–Crippen LogP) is -3.29. The summed E-state index contributed by atoms with van der Waals surface area (Å²) in [5.41, 5.74) is 0. The van der Waals surface area contributed by atoms with Crippen molar-refractivity contribution < 1.29 is 62.1 Å². The van der Waals surface area contributed by atoms with Crippen molar-refractivity contribution in [3.8, 4) is 0 Å². The number of β-amino-alcohol motifs (C(OH)–C–C–N with tert-alkyl or cyclic N) is 2. The summed E-state index contributed by atoms with van der Waals surface area (Å²) in [6.07, 6.45) is 5.60. The molecule has 0 aromatic rings. The summed E-state index contributed by atoms with van der Waals surface area (Å²) in [6.45, 7) is 4.72. The van der Waals surface area contributed by atoms with E-state index in [1.165, 1.54) is 0 Å². The minimum atomic E-state index is -4.53. The molecule has 0 radical (unpaired) electrons.